The minimum absolute atomic E-state index is 0.104. The Morgan fingerprint density at radius 2 is 1.85 bits per heavy atom. The van der Waals surface area contributed by atoms with E-state index in [2.05, 4.69) is 9.88 Å². The molecular weight excluding hydrogens is 342 g/mol. The van der Waals surface area contributed by atoms with Gasteiger partial charge in [0.25, 0.3) is 0 Å². The van der Waals surface area contributed by atoms with Crippen LogP contribution in [-0.4, -0.2) is 53.4 Å². The zero-order valence-corrected chi connectivity index (χ0v) is 15.6. The summed E-state index contributed by atoms with van der Waals surface area (Å²) in [5.74, 6) is 1.34. The van der Waals surface area contributed by atoms with Crippen molar-refractivity contribution in [2.75, 3.05) is 31.1 Å². The molecule has 140 valence electrons. The van der Waals surface area contributed by atoms with Crippen molar-refractivity contribution in [2.45, 2.75) is 20.1 Å². The van der Waals surface area contributed by atoms with Crippen LogP contribution in [0.2, 0.25) is 0 Å². The first-order valence-electron chi connectivity index (χ1n) is 9.17. The van der Waals surface area contributed by atoms with Gasteiger partial charge < -0.3 is 19.6 Å². The maximum Gasteiger partial charge on any atom is 0.226 e. The maximum atomic E-state index is 11.5. The highest BCUT2D eigenvalue weighted by Crippen LogP contribution is 2.37. The number of carbonyl (C=O) groups is 1. The molecule has 0 bridgehead atoms. The van der Waals surface area contributed by atoms with Gasteiger partial charge in [0.15, 0.2) is 0 Å². The van der Waals surface area contributed by atoms with Crippen molar-refractivity contribution in [2.24, 2.45) is 0 Å². The first-order chi connectivity index (χ1) is 13.0. The van der Waals surface area contributed by atoms with Gasteiger partial charge in [0.05, 0.1) is 0 Å². The molecule has 1 amide bonds. The second kappa shape index (κ2) is 7.04. The van der Waals surface area contributed by atoms with E-state index in [4.69, 9.17) is 4.74 Å². The molecule has 0 radical (unpaired) electrons. The Hall–Kier alpha value is -2.86. The van der Waals surface area contributed by atoms with Crippen LogP contribution in [-0.2, 0) is 4.79 Å². The Labute approximate surface area is 158 Å². The lowest BCUT2D eigenvalue weighted by Crippen LogP contribution is -2.48. The van der Waals surface area contributed by atoms with Crippen LogP contribution in [0, 0.1) is 6.92 Å². The Bertz CT molecular complexity index is 901. The molecule has 6 heteroatoms. The number of carbonyl (C=O) groups excluding carboxylic acids is 1. The number of amides is 1. The van der Waals surface area contributed by atoms with Gasteiger partial charge in [-0.1, -0.05) is 24.3 Å². The predicted octanol–water partition coefficient (Wildman–Crippen LogP) is 2.20. The average molecular weight is 365 g/mol. The highest BCUT2D eigenvalue weighted by Gasteiger charge is 2.25. The lowest BCUT2D eigenvalue weighted by Gasteiger charge is -2.35. The predicted molar refractivity (Wildman–Crippen MR) is 104 cm³/mol. The number of ether oxygens (including phenoxy) is 1. The number of aryl methyl sites for hydroxylation is 1. The van der Waals surface area contributed by atoms with E-state index in [1.807, 2.05) is 48.2 Å². The Kier molecular flexibility index (Phi) is 4.58. The number of rotatable bonds is 2. The maximum absolute atomic E-state index is 11.5. The number of nitrogens with zero attached hydrogens (tertiary/aromatic N) is 3. The SMILES string of the molecule is CC(=O)N1CCN(c2ccc3c(n2)OC(O)C=C3c2ccccc2C)CC1. The highest BCUT2D eigenvalue weighted by molar-refractivity contribution is 5.85. The zero-order valence-electron chi connectivity index (χ0n) is 15.6. The molecule has 1 fully saturated rings. The topological polar surface area (TPSA) is 65.9 Å². The molecule has 2 aliphatic rings. The van der Waals surface area contributed by atoms with Crippen molar-refractivity contribution in [3.8, 4) is 5.88 Å². The first kappa shape index (κ1) is 17.5. The van der Waals surface area contributed by atoms with E-state index in [0.29, 0.717) is 19.0 Å². The summed E-state index contributed by atoms with van der Waals surface area (Å²) in [4.78, 5) is 20.1. The summed E-state index contributed by atoms with van der Waals surface area (Å²) < 4.78 is 5.59. The third-order valence-corrected chi connectivity index (χ3v) is 5.16. The summed E-state index contributed by atoms with van der Waals surface area (Å²) in [5.41, 5.74) is 4.00. The molecule has 4 rings (SSSR count). The van der Waals surface area contributed by atoms with Crippen molar-refractivity contribution in [1.29, 1.82) is 0 Å². The largest absolute Gasteiger partial charge is 0.444 e. The number of benzene rings is 1. The number of aliphatic hydroxyl groups excluding tert-OH is 1. The third kappa shape index (κ3) is 3.40. The van der Waals surface area contributed by atoms with Crippen LogP contribution >= 0.6 is 0 Å². The van der Waals surface area contributed by atoms with Crippen LogP contribution in [0.25, 0.3) is 5.57 Å². The molecule has 1 atom stereocenters. The molecule has 1 saturated heterocycles. The van der Waals surface area contributed by atoms with Crippen LogP contribution < -0.4 is 9.64 Å². The number of hydrogen-bond donors (Lipinski definition) is 1. The normalized spacial score (nSPS) is 19.2. The van der Waals surface area contributed by atoms with Crippen molar-refractivity contribution in [1.82, 2.24) is 9.88 Å². The molecule has 2 aliphatic heterocycles. The van der Waals surface area contributed by atoms with Crippen molar-refractivity contribution < 1.29 is 14.6 Å². The van der Waals surface area contributed by atoms with E-state index in [0.717, 1.165) is 41.2 Å². The van der Waals surface area contributed by atoms with E-state index in [1.54, 1.807) is 13.0 Å². The van der Waals surface area contributed by atoms with Gasteiger partial charge >= 0.3 is 0 Å². The van der Waals surface area contributed by atoms with Crippen LogP contribution in [0.4, 0.5) is 5.82 Å². The number of hydrogen-bond acceptors (Lipinski definition) is 5. The molecule has 0 spiro atoms. The fourth-order valence-electron chi connectivity index (χ4n) is 3.64. The number of anilines is 1. The van der Waals surface area contributed by atoms with E-state index < -0.39 is 6.29 Å². The summed E-state index contributed by atoms with van der Waals surface area (Å²) in [6.07, 6.45) is 0.696. The van der Waals surface area contributed by atoms with E-state index in [1.165, 1.54) is 0 Å². The van der Waals surface area contributed by atoms with Crippen LogP contribution in [0.5, 0.6) is 5.88 Å². The lowest BCUT2D eigenvalue weighted by atomic mass is 9.93. The van der Waals surface area contributed by atoms with Gasteiger partial charge in [-0.15, -0.1) is 0 Å². The van der Waals surface area contributed by atoms with Crippen molar-refractivity contribution >= 4 is 17.3 Å². The molecule has 0 aliphatic carbocycles. The fourth-order valence-corrected chi connectivity index (χ4v) is 3.64. The number of aromatic nitrogens is 1. The molecular formula is C21H23N3O3. The highest BCUT2D eigenvalue weighted by atomic mass is 16.6. The smallest absolute Gasteiger partial charge is 0.226 e. The third-order valence-electron chi connectivity index (χ3n) is 5.16. The first-order valence-corrected chi connectivity index (χ1v) is 9.17. The second-order valence-corrected chi connectivity index (χ2v) is 6.92. The van der Waals surface area contributed by atoms with Gasteiger partial charge in [0, 0.05) is 38.7 Å². The van der Waals surface area contributed by atoms with E-state index >= 15 is 0 Å². The summed E-state index contributed by atoms with van der Waals surface area (Å²) >= 11 is 0. The van der Waals surface area contributed by atoms with Gasteiger partial charge in [-0.05, 0) is 41.8 Å². The van der Waals surface area contributed by atoms with Crippen LogP contribution in [0.15, 0.2) is 42.5 Å². The molecule has 1 aromatic heterocycles. The summed E-state index contributed by atoms with van der Waals surface area (Å²) in [5, 5.41) is 10.2. The van der Waals surface area contributed by atoms with Gasteiger partial charge in [-0.25, -0.2) is 0 Å². The number of pyridine rings is 1. The molecule has 1 unspecified atom stereocenters. The Balaban J connectivity index is 1.63. The molecule has 27 heavy (non-hydrogen) atoms. The van der Waals surface area contributed by atoms with Gasteiger partial charge in [0.2, 0.25) is 18.1 Å². The van der Waals surface area contributed by atoms with Crippen LogP contribution in [0.3, 0.4) is 0 Å². The van der Waals surface area contributed by atoms with Gasteiger partial charge in [-0.3, -0.25) is 4.79 Å². The summed E-state index contributed by atoms with van der Waals surface area (Å²) in [7, 11) is 0. The van der Waals surface area contributed by atoms with Crippen molar-refractivity contribution in [3.05, 3.63) is 59.2 Å². The summed E-state index contributed by atoms with van der Waals surface area (Å²) in [6.45, 7) is 6.48. The Morgan fingerprint density at radius 1 is 1.11 bits per heavy atom. The number of fused-ring (bicyclic) bond motifs is 1. The van der Waals surface area contributed by atoms with Crippen LogP contribution in [0.1, 0.15) is 23.6 Å². The minimum atomic E-state index is -1.02. The lowest BCUT2D eigenvalue weighted by molar-refractivity contribution is -0.129. The Morgan fingerprint density at radius 3 is 2.56 bits per heavy atom. The zero-order chi connectivity index (χ0) is 19.0. The fraction of sp³-hybridized carbons (Fsp3) is 0.333. The number of aliphatic hydroxyl groups is 1. The van der Waals surface area contributed by atoms with Gasteiger partial charge in [-0.2, -0.15) is 4.98 Å². The molecule has 0 saturated carbocycles. The van der Waals surface area contributed by atoms with E-state index in [-0.39, 0.29) is 5.91 Å². The van der Waals surface area contributed by atoms with E-state index in [9.17, 15) is 9.90 Å². The second-order valence-electron chi connectivity index (χ2n) is 6.92. The monoisotopic (exact) mass is 365 g/mol. The molecule has 1 N–H and O–H groups in total. The average Bonchev–Trinajstić information content (AvgIpc) is 2.67. The quantitative estimate of drug-likeness (QED) is 0.884. The van der Waals surface area contributed by atoms with Gasteiger partial charge in [0.1, 0.15) is 5.82 Å². The minimum Gasteiger partial charge on any atom is -0.444 e. The molecule has 2 aromatic rings. The van der Waals surface area contributed by atoms with Crippen molar-refractivity contribution in [3.63, 3.8) is 0 Å². The summed E-state index contributed by atoms with van der Waals surface area (Å²) in [6, 6.07) is 12.1. The molecule has 6 nitrogen and oxygen atoms in total. The molecule has 1 aromatic carbocycles. The standard InChI is InChI=1S/C21H23N3O3/c1-14-5-3-4-6-16(14)18-13-20(26)27-21-17(18)7-8-19(22-21)24-11-9-23(10-12-24)15(2)25/h3-8,13,20,26H,9-12H2,1-2H3. The molecule has 3 heterocycles. The number of piperazine rings is 1.